The minimum absolute atomic E-state index is 0.0261. The molecule has 17 heavy (non-hydrogen) atoms. The summed E-state index contributed by atoms with van der Waals surface area (Å²) in [5.74, 6) is -0.0740. The van der Waals surface area contributed by atoms with Gasteiger partial charge >= 0.3 is 0 Å². The predicted octanol–water partition coefficient (Wildman–Crippen LogP) is 0.113. The van der Waals surface area contributed by atoms with Crippen molar-refractivity contribution in [2.24, 2.45) is 0 Å². The first kappa shape index (κ1) is 14.0. The first-order valence-electron chi connectivity index (χ1n) is 6.40. The Bertz CT molecular complexity index is 260. The van der Waals surface area contributed by atoms with Gasteiger partial charge in [-0.1, -0.05) is 12.8 Å². The Labute approximate surface area is 103 Å². The number of nitrogens with zero attached hydrogens (tertiary/aromatic N) is 1. The molecule has 0 aromatic carbocycles. The Morgan fingerprint density at radius 3 is 2.82 bits per heavy atom. The molecule has 0 aromatic rings. The number of carbonyl (C=O) groups excluding carboxylic acids is 2. The van der Waals surface area contributed by atoms with E-state index in [0.717, 1.165) is 25.8 Å². The lowest BCUT2D eigenvalue weighted by Crippen LogP contribution is -2.47. The average molecular weight is 241 g/mol. The molecule has 1 aliphatic heterocycles. The molecule has 0 saturated carbocycles. The van der Waals surface area contributed by atoms with Gasteiger partial charge in [0.05, 0.1) is 12.6 Å². The average Bonchev–Trinajstić information content (AvgIpc) is 2.56. The molecule has 1 heterocycles. The van der Waals surface area contributed by atoms with Crippen LogP contribution < -0.4 is 10.6 Å². The number of amides is 2. The minimum atomic E-state index is -0.114. The van der Waals surface area contributed by atoms with Gasteiger partial charge in [-0.25, -0.2) is 0 Å². The summed E-state index contributed by atoms with van der Waals surface area (Å²) in [6, 6.07) is -0.114. The van der Waals surface area contributed by atoms with Gasteiger partial charge in [0, 0.05) is 13.6 Å². The van der Waals surface area contributed by atoms with Crippen LogP contribution in [0.1, 0.15) is 32.6 Å². The van der Waals surface area contributed by atoms with E-state index in [0.29, 0.717) is 6.54 Å². The van der Waals surface area contributed by atoms with Crippen LogP contribution in [0.3, 0.4) is 0 Å². The van der Waals surface area contributed by atoms with Crippen molar-refractivity contribution in [1.82, 2.24) is 15.5 Å². The van der Waals surface area contributed by atoms with Crippen LogP contribution in [0.15, 0.2) is 0 Å². The largest absolute Gasteiger partial charge is 0.355 e. The van der Waals surface area contributed by atoms with Crippen LogP contribution in [0.5, 0.6) is 0 Å². The second-order valence-corrected chi connectivity index (χ2v) is 4.50. The summed E-state index contributed by atoms with van der Waals surface area (Å²) in [7, 11) is 1.68. The Hall–Kier alpha value is -1.10. The van der Waals surface area contributed by atoms with Crippen LogP contribution in [-0.4, -0.2) is 49.4 Å². The molecule has 0 aliphatic carbocycles. The lowest BCUT2D eigenvalue weighted by molar-refractivity contribution is -0.136. The third kappa shape index (κ3) is 4.73. The molecular weight excluding hydrogens is 218 g/mol. The van der Waals surface area contributed by atoms with Gasteiger partial charge in [-0.2, -0.15) is 0 Å². The molecule has 0 spiro atoms. The van der Waals surface area contributed by atoms with Crippen LogP contribution in [0.4, 0.5) is 0 Å². The molecular formula is C12H23N3O2. The summed E-state index contributed by atoms with van der Waals surface area (Å²) in [4.78, 5) is 25.0. The molecule has 1 atom stereocenters. The zero-order valence-electron chi connectivity index (χ0n) is 10.8. The van der Waals surface area contributed by atoms with Crippen molar-refractivity contribution in [2.45, 2.75) is 38.6 Å². The quantitative estimate of drug-likeness (QED) is 0.734. The molecule has 0 aromatic heterocycles. The summed E-state index contributed by atoms with van der Waals surface area (Å²) < 4.78 is 0. The third-order valence-electron chi connectivity index (χ3n) is 2.99. The van der Waals surface area contributed by atoms with E-state index in [-0.39, 0.29) is 24.4 Å². The summed E-state index contributed by atoms with van der Waals surface area (Å²) >= 11 is 0. The second kappa shape index (κ2) is 7.27. The number of carbonyl (C=O) groups is 2. The van der Waals surface area contributed by atoms with Crippen LogP contribution in [0.25, 0.3) is 0 Å². The minimum Gasteiger partial charge on any atom is -0.355 e. The molecule has 1 rings (SSSR count). The first-order valence-corrected chi connectivity index (χ1v) is 6.40. The van der Waals surface area contributed by atoms with Crippen LogP contribution in [0.2, 0.25) is 0 Å². The fourth-order valence-corrected chi connectivity index (χ4v) is 2.05. The first-order chi connectivity index (χ1) is 8.15. The molecule has 5 nitrogen and oxygen atoms in total. The van der Waals surface area contributed by atoms with Crippen LogP contribution in [-0.2, 0) is 9.59 Å². The van der Waals surface area contributed by atoms with E-state index < -0.39 is 0 Å². The van der Waals surface area contributed by atoms with E-state index in [1.807, 2.05) is 6.92 Å². The highest BCUT2D eigenvalue weighted by Gasteiger charge is 2.23. The van der Waals surface area contributed by atoms with Crippen molar-refractivity contribution in [1.29, 1.82) is 0 Å². The van der Waals surface area contributed by atoms with E-state index in [1.54, 1.807) is 7.05 Å². The van der Waals surface area contributed by atoms with E-state index >= 15 is 0 Å². The maximum absolute atomic E-state index is 12.1. The van der Waals surface area contributed by atoms with Gasteiger partial charge in [-0.15, -0.1) is 0 Å². The Morgan fingerprint density at radius 1 is 1.35 bits per heavy atom. The highest BCUT2D eigenvalue weighted by Crippen LogP contribution is 2.10. The summed E-state index contributed by atoms with van der Waals surface area (Å²) in [6.45, 7) is 3.51. The normalized spacial score (nSPS) is 20.5. The molecule has 0 radical (unpaired) electrons. The summed E-state index contributed by atoms with van der Waals surface area (Å²) in [6.07, 6.45) is 4.26. The number of nitrogens with one attached hydrogen (secondary N) is 2. The van der Waals surface area contributed by atoms with Crippen molar-refractivity contribution < 1.29 is 9.59 Å². The number of hydrogen-bond acceptors (Lipinski definition) is 3. The van der Waals surface area contributed by atoms with Gasteiger partial charge in [-0.3, -0.25) is 9.59 Å². The second-order valence-electron chi connectivity index (χ2n) is 4.50. The van der Waals surface area contributed by atoms with Gasteiger partial charge in [0.15, 0.2) is 0 Å². The summed E-state index contributed by atoms with van der Waals surface area (Å²) in [5.41, 5.74) is 0. The molecule has 5 heteroatoms. The molecule has 1 fully saturated rings. The number of hydrogen-bond donors (Lipinski definition) is 2. The Morgan fingerprint density at radius 2 is 2.12 bits per heavy atom. The smallest absolute Gasteiger partial charge is 0.239 e. The lowest BCUT2D eigenvalue weighted by Gasteiger charge is -2.22. The van der Waals surface area contributed by atoms with E-state index in [4.69, 9.17) is 0 Å². The van der Waals surface area contributed by atoms with Gasteiger partial charge in [0.2, 0.25) is 11.8 Å². The van der Waals surface area contributed by atoms with E-state index in [1.165, 1.54) is 11.3 Å². The van der Waals surface area contributed by atoms with E-state index in [2.05, 4.69) is 10.6 Å². The Kier molecular flexibility index (Phi) is 5.97. The molecule has 2 amide bonds. The molecule has 1 saturated heterocycles. The van der Waals surface area contributed by atoms with Gasteiger partial charge < -0.3 is 15.5 Å². The maximum atomic E-state index is 12.1. The molecule has 98 valence electrons. The standard InChI is InChI=1S/C12H23N3O2/c1-3-13-11(16)9-15(2)12(17)10-7-5-4-6-8-14-10/h10,14H,3-9H2,1-2H3,(H,13,16). The van der Waals surface area contributed by atoms with Crippen molar-refractivity contribution in [3.63, 3.8) is 0 Å². The topological polar surface area (TPSA) is 61.4 Å². The molecule has 0 bridgehead atoms. The fraction of sp³-hybridized carbons (Fsp3) is 0.833. The zero-order chi connectivity index (χ0) is 12.7. The van der Waals surface area contributed by atoms with Crippen LogP contribution >= 0.6 is 0 Å². The number of likely N-dealkylation sites (N-methyl/N-ethyl adjacent to an activating group) is 2. The van der Waals surface area contributed by atoms with Crippen molar-refractivity contribution in [3.8, 4) is 0 Å². The molecule has 1 aliphatic rings. The highest BCUT2D eigenvalue weighted by atomic mass is 16.2. The Balaban J connectivity index is 2.41. The maximum Gasteiger partial charge on any atom is 0.239 e. The van der Waals surface area contributed by atoms with Crippen molar-refractivity contribution >= 4 is 11.8 Å². The highest BCUT2D eigenvalue weighted by molar-refractivity contribution is 5.87. The van der Waals surface area contributed by atoms with Gasteiger partial charge in [0.1, 0.15) is 0 Å². The van der Waals surface area contributed by atoms with Crippen molar-refractivity contribution in [2.75, 3.05) is 26.7 Å². The van der Waals surface area contributed by atoms with Crippen LogP contribution in [0, 0.1) is 0 Å². The third-order valence-corrected chi connectivity index (χ3v) is 2.99. The summed E-state index contributed by atoms with van der Waals surface area (Å²) in [5, 5.41) is 5.94. The van der Waals surface area contributed by atoms with Gasteiger partial charge in [0.25, 0.3) is 0 Å². The molecule has 2 N–H and O–H groups in total. The van der Waals surface area contributed by atoms with Gasteiger partial charge in [-0.05, 0) is 26.3 Å². The van der Waals surface area contributed by atoms with E-state index in [9.17, 15) is 9.59 Å². The lowest BCUT2D eigenvalue weighted by atomic mass is 10.1. The van der Waals surface area contributed by atoms with Crippen molar-refractivity contribution in [3.05, 3.63) is 0 Å². The predicted molar refractivity (Wildman–Crippen MR) is 66.6 cm³/mol. The monoisotopic (exact) mass is 241 g/mol. The zero-order valence-corrected chi connectivity index (χ0v) is 10.8. The SMILES string of the molecule is CCNC(=O)CN(C)C(=O)C1CCCCCN1. The fourth-order valence-electron chi connectivity index (χ4n) is 2.05. The molecule has 1 unspecified atom stereocenters. The number of rotatable bonds is 4.